The zero-order valence-corrected chi connectivity index (χ0v) is 13.5. The van der Waals surface area contributed by atoms with Crippen molar-refractivity contribution in [3.8, 4) is 11.3 Å². The number of aryl methyl sites for hydroxylation is 1. The van der Waals surface area contributed by atoms with Crippen LogP contribution in [-0.2, 0) is 6.54 Å². The molecule has 118 valence electrons. The van der Waals surface area contributed by atoms with Gasteiger partial charge in [0.15, 0.2) is 5.76 Å². The van der Waals surface area contributed by atoms with Crippen LogP contribution >= 0.6 is 0 Å². The summed E-state index contributed by atoms with van der Waals surface area (Å²) in [4.78, 5) is 2.44. The van der Waals surface area contributed by atoms with Crippen LogP contribution in [0.4, 0.5) is 0 Å². The quantitative estimate of drug-likeness (QED) is 0.942. The highest BCUT2D eigenvalue weighted by molar-refractivity contribution is 5.59. The van der Waals surface area contributed by atoms with Crippen molar-refractivity contribution < 1.29 is 4.52 Å². The average Bonchev–Trinajstić information content (AvgIpc) is 2.97. The molecule has 0 spiro atoms. The zero-order chi connectivity index (χ0) is 15.5. The average molecular weight is 299 g/mol. The van der Waals surface area contributed by atoms with E-state index in [2.05, 4.69) is 54.2 Å². The Morgan fingerprint density at radius 2 is 2.09 bits per heavy atom. The van der Waals surface area contributed by atoms with E-state index < -0.39 is 0 Å². The molecular formula is C18H25N3O. The van der Waals surface area contributed by atoms with Gasteiger partial charge in [0.05, 0.1) is 6.54 Å². The molecule has 2 aromatic rings. The fraction of sp³-hybridized carbons (Fsp3) is 0.500. The van der Waals surface area contributed by atoms with Gasteiger partial charge < -0.3 is 10.3 Å². The molecule has 1 aliphatic rings. The molecule has 4 nitrogen and oxygen atoms in total. The molecule has 1 aromatic carbocycles. The third kappa shape index (κ3) is 3.23. The van der Waals surface area contributed by atoms with Crippen molar-refractivity contribution in [3.05, 3.63) is 41.7 Å². The largest absolute Gasteiger partial charge is 0.359 e. The molecule has 0 amide bonds. The number of nitrogens with two attached hydrogens (primary N) is 1. The molecule has 2 heterocycles. The summed E-state index contributed by atoms with van der Waals surface area (Å²) < 4.78 is 5.55. The van der Waals surface area contributed by atoms with Gasteiger partial charge in [0.2, 0.25) is 0 Å². The standard InChI is InChI=1S/C18H25N3O/c1-13-5-7-15(8-6-13)17-10-16(22-20-17)12-21-9-3-4-14(2)18(21)11-19/h5-8,10,14,18H,3-4,9,11-12,19H2,1-2H3. The highest BCUT2D eigenvalue weighted by atomic mass is 16.5. The van der Waals surface area contributed by atoms with Gasteiger partial charge in [0, 0.05) is 24.2 Å². The van der Waals surface area contributed by atoms with Gasteiger partial charge in [0.25, 0.3) is 0 Å². The smallest absolute Gasteiger partial charge is 0.151 e. The first-order valence-corrected chi connectivity index (χ1v) is 8.14. The first kappa shape index (κ1) is 15.3. The Bertz CT molecular complexity index is 605. The van der Waals surface area contributed by atoms with Crippen LogP contribution in [0.25, 0.3) is 11.3 Å². The minimum atomic E-state index is 0.446. The van der Waals surface area contributed by atoms with Crippen LogP contribution in [0.2, 0.25) is 0 Å². The summed E-state index contributed by atoms with van der Waals surface area (Å²) in [7, 11) is 0. The second-order valence-electron chi connectivity index (χ2n) is 6.44. The Balaban J connectivity index is 1.72. The summed E-state index contributed by atoms with van der Waals surface area (Å²) in [6.45, 7) is 6.97. The van der Waals surface area contributed by atoms with Crippen LogP contribution < -0.4 is 5.73 Å². The fourth-order valence-electron chi connectivity index (χ4n) is 3.36. The van der Waals surface area contributed by atoms with E-state index in [0.29, 0.717) is 18.5 Å². The maximum atomic E-state index is 5.96. The minimum Gasteiger partial charge on any atom is -0.359 e. The second-order valence-corrected chi connectivity index (χ2v) is 6.44. The van der Waals surface area contributed by atoms with Crippen molar-refractivity contribution in [2.75, 3.05) is 13.1 Å². The van der Waals surface area contributed by atoms with Crippen molar-refractivity contribution >= 4 is 0 Å². The molecule has 2 atom stereocenters. The van der Waals surface area contributed by atoms with E-state index in [1.807, 2.05) is 0 Å². The lowest BCUT2D eigenvalue weighted by molar-refractivity contribution is 0.0893. The number of likely N-dealkylation sites (tertiary alicyclic amines) is 1. The van der Waals surface area contributed by atoms with Crippen LogP contribution in [0.5, 0.6) is 0 Å². The number of nitrogens with zero attached hydrogens (tertiary/aromatic N) is 2. The van der Waals surface area contributed by atoms with Crippen molar-refractivity contribution in [3.63, 3.8) is 0 Å². The molecular weight excluding hydrogens is 274 g/mol. The van der Waals surface area contributed by atoms with Crippen molar-refractivity contribution in [2.45, 2.75) is 39.3 Å². The summed E-state index contributed by atoms with van der Waals surface area (Å²) >= 11 is 0. The molecule has 0 saturated carbocycles. The SMILES string of the molecule is Cc1ccc(-c2cc(CN3CCCC(C)C3CN)on2)cc1. The van der Waals surface area contributed by atoms with Crippen LogP contribution in [0, 0.1) is 12.8 Å². The molecule has 1 saturated heterocycles. The van der Waals surface area contributed by atoms with Gasteiger partial charge in [-0.3, -0.25) is 4.90 Å². The van der Waals surface area contributed by atoms with Crippen molar-refractivity contribution in [1.82, 2.24) is 10.1 Å². The Morgan fingerprint density at radius 1 is 1.32 bits per heavy atom. The Morgan fingerprint density at radius 3 is 2.82 bits per heavy atom. The molecule has 3 rings (SSSR count). The zero-order valence-electron chi connectivity index (χ0n) is 13.5. The lowest BCUT2D eigenvalue weighted by Gasteiger charge is -2.38. The van der Waals surface area contributed by atoms with Gasteiger partial charge in [-0.1, -0.05) is 41.9 Å². The van der Waals surface area contributed by atoms with E-state index >= 15 is 0 Å². The predicted molar refractivity (Wildman–Crippen MR) is 88.3 cm³/mol. The predicted octanol–water partition coefficient (Wildman–Crippen LogP) is 3.21. The van der Waals surface area contributed by atoms with Crippen LogP contribution in [0.1, 0.15) is 31.1 Å². The maximum Gasteiger partial charge on any atom is 0.151 e. The van der Waals surface area contributed by atoms with E-state index in [-0.39, 0.29) is 0 Å². The minimum absolute atomic E-state index is 0.446. The van der Waals surface area contributed by atoms with Gasteiger partial charge in [-0.05, 0) is 32.2 Å². The third-order valence-electron chi connectivity index (χ3n) is 4.74. The van der Waals surface area contributed by atoms with Gasteiger partial charge in [-0.15, -0.1) is 0 Å². The van der Waals surface area contributed by atoms with Crippen molar-refractivity contribution in [2.24, 2.45) is 11.7 Å². The van der Waals surface area contributed by atoms with E-state index in [4.69, 9.17) is 10.3 Å². The summed E-state index contributed by atoms with van der Waals surface area (Å²) in [6, 6.07) is 10.9. The molecule has 22 heavy (non-hydrogen) atoms. The highest BCUT2D eigenvalue weighted by Gasteiger charge is 2.28. The van der Waals surface area contributed by atoms with Gasteiger partial charge in [-0.2, -0.15) is 0 Å². The fourth-order valence-corrected chi connectivity index (χ4v) is 3.36. The van der Waals surface area contributed by atoms with E-state index in [1.54, 1.807) is 0 Å². The molecule has 1 fully saturated rings. The number of hydrogen-bond donors (Lipinski definition) is 1. The number of benzene rings is 1. The van der Waals surface area contributed by atoms with E-state index in [0.717, 1.165) is 30.1 Å². The molecule has 4 heteroatoms. The van der Waals surface area contributed by atoms with E-state index in [1.165, 1.54) is 18.4 Å². The molecule has 2 unspecified atom stereocenters. The Kier molecular flexibility index (Phi) is 4.60. The summed E-state index contributed by atoms with van der Waals surface area (Å²) in [6.07, 6.45) is 2.50. The molecule has 2 N–H and O–H groups in total. The van der Waals surface area contributed by atoms with Crippen LogP contribution in [0.3, 0.4) is 0 Å². The highest BCUT2D eigenvalue weighted by Crippen LogP contribution is 2.26. The summed E-state index contributed by atoms with van der Waals surface area (Å²) in [5, 5.41) is 4.22. The van der Waals surface area contributed by atoms with Gasteiger partial charge in [-0.25, -0.2) is 0 Å². The normalized spacial score (nSPS) is 22.9. The number of piperidine rings is 1. The lowest BCUT2D eigenvalue weighted by Crippen LogP contribution is -2.47. The van der Waals surface area contributed by atoms with Gasteiger partial charge in [0.1, 0.15) is 5.69 Å². The molecule has 0 bridgehead atoms. The van der Waals surface area contributed by atoms with E-state index in [9.17, 15) is 0 Å². The van der Waals surface area contributed by atoms with Crippen LogP contribution in [0.15, 0.2) is 34.9 Å². The van der Waals surface area contributed by atoms with Gasteiger partial charge >= 0.3 is 0 Å². The number of hydrogen-bond acceptors (Lipinski definition) is 4. The summed E-state index contributed by atoms with van der Waals surface area (Å²) in [5.74, 6) is 1.57. The molecule has 1 aliphatic heterocycles. The molecule has 0 radical (unpaired) electrons. The number of rotatable bonds is 4. The second kappa shape index (κ2) is 6.63. The monoisotopic (exact) mass is 299 g/mol. The van der Waals surface area contributed by atoms with Crippen LogP contribution in [-0.4, -0.2) is 29.2 Å². The topological polar surface area (TPSA) is 55.3 Å². The molecule has 0 aliphatic carbocycles. The lowest BCUT2D eigenvalue weighted by atomic mass is 9.91. The Hall–Kier alpha value is -1.65. The molecule has 1 aromatic heterocycles. The van der Waals surface area contributed by atoms with Crippen molar-refractivity contribution in [1.29, 1.82) is 0 Å². The summed E-state index contributed by atoms with van der Waals surface area (Å²) in [5.41, 5.74) is 9.22. The first-order valence-electron chi connectivity index (χ1n) is 8.14. The number of aromatic nitrogens is 1. The first-order chi connectivity index (χ1) is 10.7. The maximum absolute atomic E-state index is 5.96. The Labute approximate surface area is 132 Å². The third-order valence-corrected chi connectivity index (χ3v) is 4.74.